The Kier molecular flexibility index (Phi) is 4.01. The number of nitrogens with one attached hydrogen (secondary N) is 1. The Balaban J connectivity index is 1.68. The van der Waals surface area contributed by atoms with E-state index < -0.39 is 11.9 Å². The van der Waals surface area contributed by atoms with Gasteiger partial charge in [-0.2, -0.15) is 18.3 Å². The number of nitrogens with zero attached hydrogens (tertiary/aromatic N) is 2. The van der Waals surface area contributed by atoms with Crippen LogP contribution in [0.25, 0.3) is 11.3 Å². The summed E-state index contributed by atoms with van der Waals surface area (Å²) in [6.45, 7) is 0.369. The lowest BCUT2D eigenvalue weighted by molar-refractivity contribution is -0.141. The smallest absolute Gasteiger partial charge is 0.432 e. The third-order valence-corrected chi connectivity index (χ3v) is 3.14. The number of H-pyrrole nitrogens is 1. The van der Waals surface area contributed by atoms with Crippen LogP contribution in [0.2, 0.25) is 0 Å². The SMILES string of the molecule is FC(F)(F)c1cc(-c2ccc(OCc3ccccc3)nc2)n[nH]1. The van der Waals surface area contributed by atoms with Gasteiger partial charge in [0.05, 0.1) is 5.69 Å². The lowest BCUT2D eigenvalue weighted by Crippen LogP contribution is -2.04. The Morgan fingerprint density at radius 1 is 1.04 bits per heavy atom. The molecule has 3 rings (SSSR count). The number of halogens is 3. The Morgan fingerprint density at radius 2 is 1.83 bits per heavy atom. The topological polar surface area (TPSA) is 50.8 Å². The first-order valence-corrected chi connectivity index (χ1v) is 6.78. The minimum atomic E-state index is -4.45. The van der Waals surface area contributed by atoms with Crippen LogP contribution in [0.1, 0.15) is 11.3 Å². The molecule has 118 valence electrons. The van der Waals surface area contributed by atoms with Gasteiger partial charge >= 0.3 is 6.18 Å². The fraction of sp³-hybridized carbons (Fsp3) is 0.125. The van der Waals surface area contributed by atoms with E-state index in [-0.39, 0.29) is 5.69 Å². The van der Waals surface area contributed by atoms with Crippen LogP contribution < -0.4 is 4.74 Å². The van der Waals surface area contributed by atoms with Crippen LogP contribution in [0.15, 0.2) is 54.7 Å². The summed E-state index contributed by atoms with van der Waals surface area (Å²) in [7, 11) is 0. The maximum atomic E-state index is 12.5. The van der Waals surface area contributed by atoms with E-state index in [0.29, 0.717) is 18.1 Å². The molecule has 0 spiro atoms. The van der Waals surface area contributed by atoms with E-state index in [1.54, 1.807) is 12.1 Å². The van der Waals surface area contributed by atoms with Gasteiger partial charge in [0, 0.05) is 17.8 Å². The maximum absolute atomic E-state index is 12.5. The van der Waals surface area contributed by atoms with Crippen molar-refractivity contribution in [1.82, 2.24) is 15.2 Å². The summed E-state index contributed by atoms with van der Waals surface area (Å²) in [5.41, 5.74) is 0.764. The molecule has 0 saturated heterocycles. The first-order chi connectivity index (χ1) is 11.0. The standard InChI is InChI=1S/C16H12F3N3O/c17-16(18,19)14-8-13(21-22-14)12-6-7-15(20-9-12)23-10-11-4-2-1-3-5-11/h1-9H,10H2,(H,21,22). The van der Waals surface area contributed by atoms with Crippen molar-refractivity contribution in [2.45, 2.75) is 12.8 Å². The molecule has 0 aliphatic heterocycles. The number of aromatic amines is 1. The van der Waals surface area contributed by atoms with Gasteiger partial charge in [-0.1, -0.05) is 30.3 Å². The fourth-order valence-corrected chi connectivity index (χ4v) is 1.96. The van der Waals surface area contributed by atoms with Crippen LogP contribution in [0.4, 0.5) is 13.2 Å². The average Bonchev–Trinajstić information content (AvgIpc) is 3.05. The molecule has 1 N–H and O–H groups in total. The molecule has 0 saturated carbocycles. The molecule has 2 aromatic heterocycles. The number of alkyl halides is 3. The van der Waals surface area contributed by atoms with Gasteiger partial charge in [0.1, 0.15) is 12.3 Å². The minimum absolute atomic E-state index is 0.180. The zero-order valence-corrected chi connectivity index (χ0v) is 11.8. The maximum Gasteiger partial charge on any atom is 0.432 e. The molecule has 0 amide bonds. The number of aromatic nitrogens is 3. The number of ether oxygens (including phenoxy) is 1. The number of rotatable bonds is 4. The highest BCUT2D eigenvalue weighted by molar-refractivity contribution is 5.58. The lowest BCUT2D eigenvalue weighted by Gasteiger charge is -2.05. The van der Waals surface area contributed by atoms with Crippen molar-refractivity contribution in [2.75, 3.05) is 0 Å². The van der Waals surface area contributed by atoms with Crippen LogP contribution in [0.3, 0.4) is 0 Å². The summed E-state index contributed by atoms with van der Waals surface area (Å²) in [5, 5.41) is 5.62. The zero-order valence-electron chi connectivity index (χ0n) is 11.8. The van der Waals surface area contributed by atoms with Crippen LogP contribution >= 0.6 is 0 Å². The van der Waals surface area contributed by atoms with Crippen molar-refractivity contribution in [3.63, 3.8) is 0 Å². The van der Waals surface area contributed by atoms with Crippen molar-refractivity contribution in [3.8, 4) is 17.1 Å². The number of benzene rings is 1. The molecule has 0 radical (unpaired) electrons. The molecule has 0 unspecified atom stereocenters. The van der Waals surface area contributed by atoms with Crippen molar-refractivity contribution < 1.29 is 17.9 Å². The molecular formula is C16H12F3N3O. The van der Waals surface area contributed by atoms with E-state index >= 15 is 0 Å². The Morgan fingerprint density at radius 3 is 2.43 bits per heavy atom. The Labute approximate surface area is 130 Å². The number of hydrogen-bond acceptors (Lipinski definition) is 3. The van der Waals surface area contributed by atoms with Crippen LogP contribution in [0, 0.1) is 0 Å². The van der Waals surface area contributed by atoms with Gasteiger partial charge in [-0.3, -0.25) is 5.10 Å². The number of pyridine rings is 1. The summed E-state index contributed by atoms with van der Waals surface area (Å²) in [5.74, 6) is 0.393. The zero-order chi connectivity index (χ0) is 16.3. The third-order valence-electron chi connectivity index (χ3n) is 3.14. The van der Waals surface area contributed by atoms with E-state index in [4.69, 9.17) is 4.74 Å². The van der Waals surface area contributed by atoms with Gasteiger partial charge in [-0.25, -0.2) is 4.98 Å². The second-order valence-electron chi connectivity index (χ2n) is 4.82. The highest BCUT2D eigenvalue weighted by atomic mass is 19.4. The Bertz CT molecular complexity index is 767. The van der Waals surface area contributed by atoms with Crippen molar-refractivity contribution >= 4 is 0 Å². The second-order valence-corrected chi connectivity index (χ2v) is 4.82. The molecular weight excluding hydrogens is 307 g/mol. The monoisotopic (exact) mass is 319 g/mol. The molecule has 0 aliphatic carbocycles. The largest absolute Gasteiger partial charge is 0.473 e. The highest BCUT2D eigenvalue weighted by Crippen LogP contribution is 2.30. The normalized spacial score (nSPS) is 11.4. The van der Waals surface area contributed by atoms with Gasteiger partial charge in [-0.15, -0.1) is 0 Å². The minimum Gasteiger partial charge on any atom is -0.473 e. The lowest BCUT2D eigenvalue weighted by atomic mass is 10.2. The van der Waals surface area contributed by atoms with Gasteiger partial charge in [0.2, 0.25) is 5.88 Å². The summed E-state index contributed by atoms with van der Waals surface area (Å²) < 4.78 is 43.1. The van der Waals surface area contributed by atoms with E-state index in [1.165, 1.54) is 6.20 Å². The van der Waals surface area contributed by atoms with E-state index in [0.717, 1.165) is 11.6 Å². The molecule has 0 bridgehead atoms. The fourth-order valence-electron chi connectivity index (χ4n) is 1.96. The van der Waals surface area contributed by atoms with Gasteiger partial charge in [0.25, 0.3) is 0 Å². The summed E-state index contributed by atoms with van der Waals surface area (Å²) in [6, 6.07) is 13.7. The van der Waals surface area contributed by atoms with E-state index in [1.807, 2.05) is 35.4 Å². The summed E-state index contributed by atoms with van der Waals surface area (Å²) >= 11 is 0. The molecule has 0 fully saturated rings. The van der Waals surface area contributed by atoms with Crippen molar-refractivity contribution in [3.05, 3.63) is 66.0 Å². The second kappa shape index (κ2) is 6.12. The molecule has 7 heteroatoms. The van der Waals surface area contributed by atoms with E-state index in [2.05, 4.69) is 10.1 Å². The first kappa shape index (κ1) is 15.1. The summed E-state index contributed by atoms with van der Waals surface area (Å²) in [4.78, 5) is 4.08. The van der Waals surface area contributed by atoms with Crippen LogP contribution in [-0.4, -0.2) is 15.2 Å². The number of hydrogen-bond donors (Lipinski definition) is 1. The van der Waals surface area contributed by atoms with Crippen LogP contribution in [0.5, 0.6) is 5.88 Å². The predicted molar refractivity (Wildman–Crippen MR) is 77.6 cm³/mol. The third kappa shape index (κ3) is 3.68. The average molecular weight is 319 g/mol. The summed E-state index contributed by atoms with van der Waals surface area (Å²) in [6.07, 6.45) is -3.02. The highest BCUT2D eigenvalue weighted by Gasteiger charge is 2.33. The molecule has 23 heavy (non-hydrogen) atoms. The Hall–Kier alpha value is -2.83. The van der Waals surface area contributed by atoms with E-state index in [9.17, 15) is 13.2 Å². The molecule has 1 aromatic carbocycles. The molecule has 3 aromatic rings. The van der Waals surface area contributed by atoms with Gasteiger partial charge in [0.15, 0.2) is 0 Å². The molecule has 0 aliphatic rings. The first-order valence-electron chi connectivity index (χ1n) is 6.78. The van der Waals surface area contributed by atoms with Crippen molar-refractivity contribution in [1.29, 1.82) is 0 Å². The van der Waals surface area contributed by atoms with Gasteiger partial charge in [-0.05, 0) is 17.7 Å². The van der Waals surface area contributed by atoms with Gasteiger partial charge < -0.3 is 4.74 Å². The molecule has 0 atom stereocenters. The molecule has 2 heterocycles. The quantitative estimate of drug-likeness (QED) is 0.788. The molecule has 4 nitrogen and oxygen atoms in total. The predicted octanol–water partition coefficient (Wildman–Crippen LogP) is 4.07. The van der Waals surface area contributed by atoms with Crippen LogP contribution in [-0.2, 0) is 12.8 Å². The van der Waals surface area contributed by atoms with Crippen molar-refractivity contribution in [2.24, 2.45) is 0 Å².